The number of ether oxygens (including phenoxy) is 1. The summed E-state index contributed by atoms with van der Waals surface area (Å²) in [6.07, 6.45) is 0.483. The van der Waals surface area contributed by atoms with Crippen molar-refractivity contribution in [3.05, 3.63) is 46.3 Å². The molecule has 0 spiro atoms. The van der Waals surface area contributed by atoms with Gasteiger partial charge < -0.3 is 4.74 Å². The second-order valence-electron chi connectivity index (χ2n) is 5.19. The summed E-state index contributed by atoms with van der Waals surface area (Å²) in [5.74, 6) is -0.288. The number of rotatable bonds is 4. The average molecular weight is 274 g/mol. The van der Waals surface area contributed by atoms with Crippen LogP contribution in [0.15, 0.2) is 35.4 Å². The van der Waals surface area contributed by atoms with E-state index in [1.807, 2.05) is 42.2 Å². The number of esters is 1. The lowest BCUT2D eigenvalue weighted by Gasteiger charge is -2.32. The number of azide groups is 1. The van der Waals surface area contributed by atoms with E-state index >= 15 is 0 Å². The van der Waals surface area contributed by atoms with Crippen molar-refractivity contribution in [1.82, 2.24) is 4.90 Å². The zero-order valence-corrected chi connectivity index (χ0v) is 11.7. The van der Waals surface area contributed by atoms with Gasteiger partial charge in [-0.3, -0.25) is 9.69 Å². The van der Waals surface area contributed by atoms with E-state index in [0.29, 0.717) is 19.5 Å². The Labute approximate surface area is 118 Å². The van der Waals surface area contributed by atoms with Crippen LogP contribution in [0.4, 0.5) is 0 Å². The molecular weight excluding hydrogens is 256 g/mol. The molecule has 2 atom stereocenters. The van der Waals surface area contributed by atoms with E-state index in [1.54, 1.807) is 0 Å². The number of hydrogen-bond acceptors (Lipinski definition) is 4. The fourth-order valence-corrected chi connectivity index (χ4v) is 2.73. The number of carbonyl (C=O) groups is 1. The molecule has 1 saturated heterocycles. The van der Waals surface area contributed by atoms with Crippen LogP contribution in [0.5, 0.6) is 0 Å². The fourth-order valence-electron chi connectivity index (χ4n) is 2.73. The highest BCUT2D eigenvalue weighted by atomic mass is 16.5. The Morgan fingerprint density at radius 3 is 2.85 bits per heavy atom. The van der Waals surface area contributed by atoms with Gasteiger partial charge in [0, 0.05) is 18.0 Å². The molecule has 0 amide bonds. The van der Waals surface area contributed by atoms with Gasteiger partial charge in [0.1, 0.15) is 5.54 Å². The standard InChI is InChI=1S/C14H18N4O2/c1-14(13(19)20-2)8-12(16-17-15)10-18(14)9-11-6-4-3-5-7-11/h3-7,12H,8-10H2,1-2H3/t12-,14+/m0/s1. The Kier molecular flexibility index (Phi) is 4.27. The molecule has 0 aromatic heterocycles. The molecule has 1 heterocycles. The number of hydrogen-bond donors (Lipinski definition) is 0. The Morgan fingerprint density at radius 2 is 2.25 bits per heavy atom. The Hall–Kier alpha value is -2.04. The van der Waals surface area contributed by atoms with E-state index < -0.39 is 5.54 Å². The largest absolute Gasteiger partial charge is 0.468 e. The Bertz CT molecular complexity index is 527. The average Bonchev–Trinajstić information content (AvgIpc) is 2.77. The minimum atomic E-state index is -0.747. The highest BCUT2D eigenvalue weighted by molar-refractivity contribution is 5.80. The zero-order valence-electron chi connectivity index (χ0n) is 11.7. The summed E-state index contributed by atoms with van der Waals surface area (Å²) in [5, 5.41) is 3.76. The SMILES string of the molecule is COC(=O)[C@@]1(C)C[C@H](N=[N+]=[N-])CN1Cc1ccccc1. The molecule has 0 unspecified atom stereocenters. The molecule has 0 aliphatic carbocycles. The molecule has 1 aliphatic rings. The van der Waals surface area contributed by atoms with Crippen LogP contribution in [0.3, 0.4) is 0 Å². The molecule has 1 aliphatic heterocycles. The van der Waals surface area contributed by atoms with Gasteiger partial charge in [0.2, 0.25) is 0 Å². The lowest BCUT2D eigenvalue weighted by molar-refractivity contribution is -0.152. The maximum Gasteiger partial charge on any atom is 0.326 e. The van der Waals surface area contributed by atoms with E-state index in [9.17, 15) is 4.79 Å². The molecular formula is C14H18N4O2. The molecule has 6 heteroatoms. The number of methoxy groups -OCH3 is 1. The first-order valence-corrected chi connectivity index (χ1v) is 6.52. The first-order chi connectivity index (χ1) is 9.60. The van der Waals surface area contributed by atoms with E-state index in [-0.39, 0.29) is 12.0 Å². The summed E-state index contributed by atoms with van der Waals surface area (Å²) in [4.78, 5) is 17.0. The second-order valence-corrected chi connectivity index (χ2v) is 5.19. The van der Waals surface area contributed by atoms with Gasteiger partial charge in [-0.15, -0.1) is 0 Å². The van der Waals surface area contributed by atoms with Crippen LogP contribution >= 0.6 is 0 Å². The van der Waals surface area contributed by atoms with Crippen LogP contribution in [0, 0.1) is 0 Å². The number of likely N-dealkylation sites (tertiary alicyclic amines) is 1. The zero-order chi connectivity index (χ0) is 14.6. The summed E-state index contributed by atoms with van der Waals surface area (Å²) in [5.41, 5.74) is 8.96. The summed E-state index contributed by atoms with van der Waals surface area (Å²) in [6, 6.07) is 9.71. The highest BCUT2D eigenvalue weighted by Gasteiger charge is 2.48. The lowest BCUT2D eigenvalue weighted by Crippen LogP contribution is -2.48. The number of carbonyl (C=O) groups excluding carboxylic acids is 1. The summed E-state index contributed by atoms with van der Waals surface area (Å²) in [7, 11) is 1.38. The fraction of sp³-hybridized carbons (Fsp3) is 0.500. The third-order valence-electron chi connectivity index (χ3n) is 3.82. The van der Waals surface area contributed by atoms with Crippen LogP contribution in [-0.4, -0.2) is 36.1 Å². The normalized spacial score (nSPS) is 26.0. The molecule has 6 nitrogen and oxygen atoms in total. The topological polar surface area (TPSA) is 78.3 Å². The number of benzene rings is 1. The molecule has 0 bridgehead atoms. The molecule has 0 N–H and O–H groups in total. The minimum absolute atomic E-state index is 0.201. The molecule has 20 heavy (non-hydrogen) atoms. The summed E-state index contributed by atoms with van der Waals surface area (Å²) < 4.78 is 4.92. The van der Waals surface area contributed by atoms with Gasteiger partial charge >= 0.3 is 5.97 Å². The van der Waals surface area contributed by atoms with Gasteiger partial charge in [-0.05, 0) is 24.4 Å². The van der Waals surface area contributed by atoms with Gasteiger partial charge in [0.05, 0.1) is 13.2 Å². The van der Waals surface area contributed by atoms with Crippen molar-refractivity contribution in [3.8, 4) is 0 Å². The van der Waals surface area contributed by atoms with E-state index in [4.69, 9.17) is 10.3 Å². The monoisotopic (exact) mass is 274 g/mol. The van der Waals surface area contributed by atoms with Crippen molar-refractivity contribution < 1.29 is 9.53 Å². The smallest absolute Gasteiger partial charge is 0.326 e. The number of nitrogens with zero attached hydrogens (tertiary/aromatic N) is 4. The van der Waals surface area contributed by atoms with Crippen molar-refractivity contribution in [3.63, 3.8) is 0 Å². The van der Waals surface area contributed by atoms with Crippen molar-refractivity contribution in [1.29, 1.82) is 0 Å². The highest BCUT2D eigenvalue weighted by Crippen LogP contribution is 2.33. The second kappa shape index (κ2) is 5.94. The van der Waals surface area contributed by atoms with Crippen LogP contribution in [0.25, 0.3) is 10.4 Å². The first-order valence-electron chi connectivity index (χ1n) is 6.52. The van der Waals surface area contributed by atoms with Gasteiger partial charge in [-0.1, -0.05) is 35.4 Å². The first kappa shape index (κ1) is 14.4. The molecule has 1 aromatic rings. The molecule has 106 valence electrons. The molecule has 0 saturated carbocycles. The Morgan fingerprint density at radius 1 is 1.55 bits per heavy atom. The van der Waals surface area contributed by atoms with Crippen LogP contribution in [-0.2, 0) is 16.1 Å². The molecule has 0 radical (unpaired) electrons. The van der Waals surface area contributed by atoms with Crippen LogP contribution in [0.1, 0.15) is 18.9 Å². The predicted octanol–water partition coefficient (Wildman–Crippen LogP) is 2.50. The van der Waals surface area contributed by atoms with Gasteiger partial charge in [0.15, 0.2) is 0 Å². The molecule has 1 fully saturated rings. The van der Waals surface area contributed by atoms with Crippen molar-refractivity contribution in [2.24, 2.45) is 5.11 Å². The maximum atomic E-state index is 12.1. The van der Waals surface area contributed by atoms with Crippen molar-refractivity contribution in [2.75, 3.05) is 13.7 Å². The van der Waals surface area contributed by atoms with Crippen LogP contribution in [0.2, 0.25) is 0 Å². The summed E-state index contributed by atoms with van der Waals surface area (Å²) >= 11 is 0. The minimum Gasteiger partial charge on any atom is -0.468 e. The quantitative estimate of drug-likeness (QED) is 0.366. The lowest BCUT2D eigenvalue weighted by atomic mass is 9.97. The molecule has 2 rings (SSSR count). The van der Waals surface area contributed by atoms with E-state index in [2.05, 4.69) is 10.0 Å². The van der Waals surface area contributed by atoms with Crippen molar-refractivity contribution >= 4 is 5.97 Å². The van der Waals surface area contributed by atoms with Gasteiger partial charge in [-0.25, -0.2) is 0 Å². The van der Waals surface area contributed by atoms with Crippen molar-refractivity contribution in [2.45, 2.75) is 31.5 Å². The van der Waals surface area contributed by atoms with E-state index in [0.717, 1.165) is 5.56 Å². The predicted molar refractivity (Wildman–Crippen MR) is 74.8 cm³/mol. The Balaban J connectivity index is 2.23. The van der Waals surface area contributed by atoms with Crippen LogP contribution < -0.4 is 0 Å². The molecule has 1 aromatic carbocycles. The van der Waals surface area contributed by atoms with E-state index in [1.165, 1.54) is 7.11 Å². The van der Waals surface area contributed by atoms with Gasteiger partial charge in [0.25, 0.3) is 0 Å². The third kappa shape index (κ3) is 2.76. The summed E-state index contributed by atoms with van der Waals surface area (Å²) in [6.45, 7) is 3.03. The van der Waals surface area contributed by atoms with Gasteiger partial charge in [-0.2, -0.15) is 0 Å². The maximum absolute atomic E-state index is 12.1. The third-order valence-corrected chi connectivity index (χ3v) is 3.82.